The van der Waals surface area contributed by atoms with Crippen LogP contribution in [0, 0.1) is 10.1 Å². The summed E-state index contributed by atoms with van der Waals surface area (Å²) in [5, 5.41) is 13.6. The van der Waals surface area contributed by atoms with Crippen LogP contribution in [0.3, 0.4) is 0 Å². The molecule has 6 nitrogen and oxygen atoms in total. The van der Waals surface area contributed by atoms with Crippen molar-refractivity contribution in [3.63, 3.8) is 0 Å². The topological polar surface area (TPSA) is 67.4 Å². The van der Waals surface area contributed by atoms with Crippen LogP contribution in [0.4, 0.5) is 24.5 Å². The van der Waals surface area contributed by atoms with Gasteiger partial charge >= 0.3 is 11.9 Å². The van der Waals surface area contributed by atoms with E-state index in [1.165, 1.54) is 24.5 Å². The fourth-order valence-corrected chi connectivity index (χ4v) is 2.16. The summed E-state index contributed by atoms with van der Waals surface area (Å²) in [6.07, 6.45) is -3.02. The first-order valence-electron chi connectivity index (χ1n) is 7.17. The molecule has 0 aliphatic carbocycles. The first-order valence-corrected chi connectivity index (χ1v) is 7.55. The Morgan fingerprint density at radius 2 is 1.88 bits per heavy atom. The number of anilines is 1. The molecule has 0 heterocycles. The van der Waals surface area contributed by atoms with E-state index in [1.54, 1.807) is 18.7 Å². The smallest absolute Gasteiger partial charge is 0.416 e. The van der Waals surface area contributed by atoms with Gasteiger partial charge in [-0.2, -0.15) is 13.2 Å². The monoisotopic (exact) mass is 388 g/mol. The number of ether oxygens (including phenoxy) is 1. The van der Waals surface area contributed by atoms with Crippen LogP contribution in [0.15, 0.2) is 36.4 Å². The van der Waals surface area contributed by atoms with Gasteiger partial charge in [0.15, 0.2) is 0 Å². The summed E-state index contributed by atoms with van der Waals surface area (Å²) in [5.41, 5.74) is -0.931. The average molecular weight is 389 g/mol. The van der Waals surface area contributed by atoms with Crippen molar-refractivity contribution in [3.05, 3.63) is 57.1 Å². The molecule has 0 saturated heterocycles. The number of benzene rings is 2. The predicted octanol–water partition coefficient (Wildman–Crippen LogP) is 4.77. The van der Waals surface area contributed by atoms with Crippen molar-refractivity contribution in [2.24, 2.45) is 0 Å². The molecule has 138 valence electrons. The summed E-state index contributed by atoms with van der Waals surface area (Å²) in [6.45, 7) is 0. The molecule has 2 rings (SSSR count). The van der Waals surface area contributed by atoms with Crippen LogP contribution in [0.25, 0.3) is 0 Å². The highest BCUT2D eigenvalue weighted by molar-refractivity contribution is 6.32. The van der Waals surface area contributed by atoms with E-state index in [0.29, 0.717) is 0 Å². The Labute approximate surface area is 151 Å². The number of nitrogens with zero attached hydrogens (tertiary/aromatic N) is 2. The lowest BCUT2D eigenvalue weighted by Gasteiger charge is -2.11. The second-order valence-electron chi connectivity index (χ2n) is 5.42. The molecule has 0 aliphatic heterocycles. The first-order chi connectivity index (χ1) is 12.1. The first kappa shape index (κ1) is 19.5. The van der Waals surface area contributed by atoms with Crippen LogP contribution >= 0.6 is 11.6 Å². The van der Waals surface area contributed by atoms with Crippen molar-refractivity contribution in [3.8, 4) is 11.5 Å². The molecule has 0 unspecified atom stereocenters. The van der Waals surface area contributed by atoms with Gasteiger partial charge < -0.3 is 4.74 Å². The van der Waals surface area contributed by atoms with E-state index in [4.69, 9.17) is 16.3 Å². The third-order valence-electron chi connectivity index (χ3n) is 3.13. The van der Waals surface area contributed by atoms with Gasteiger partial charge in [-0.25, -0.2) is 5.32 Å². The molecule has 2 aromatic carbocycles. The zero-order chi connectivity index (χ0) is 19.5. The number of nitro groups is 1. The molecule has 0 spiro atoms. The standard InChI is InChI=1S/C16H13ClF3N3O3/c1-22(2)9-21-13-8-11(4-5-14(13)23(24)25)26-15-6-3-10(7-12(15)17)16(18,19)20/h3-9H,1-2H3/p+1. The van der Waals surface area contributed by atoms with Crippen LogP contribution in [-0.2, 0) is 6.18 Å². The largest absolute Gasteiger partial charge is 0.456 e. The minimum Gasteiger partial charge on any atom is -0.456 e. The van der Waals surface area contributed by atoms with Gasteiger partial charge in [-0.3, -0.25) is 14.7 Å². The van der Waals surface area contributed by atoms with Crippen molar-refractivity contribution >= 4 is 29.3 Å². The Hall–Kier alpha value is -2.81. The lowest BCUT2D eigenvalue weighted by molar-refractivity contribution is -0.459. The lowest BCUT2D eigenvalue weighted by atomic mass is 10.2. The number of nitrogens with one attached hydrogen (secondary N) is 1. The van der Waals surface area contributed by atoms with Gasteiger partial charge in [-0.05, 0) is 24.3 Å². The van der Waals surface area contributed by atoms with E-state index in [0.717, 1.165) is 18.2 Å². The van der Waals surface area contributed by atoms with Crippen LogP contribution in [0.2, 0.25) is 5.02 Å². The molecule has 10 heteroatoms. The van der Waals surface area contributed by atoms with E-state index in [-0.39, 0.29) is 27.9 Å². The molecule has 1 N–H and O–H groups in total. The summed E-state index contributed by atoms with van der Waals surface area (Å²) in [7, 11) is 3.45. The molecule has 0 amide bonds. The number of alkyl halides is 3. The predicted molar refractivity (Wildman–Crippen MR) is 91.4 cm³/mol. The summed E-state index contributed by atoms with van der Waals surface area (Å²) >= 11 is 5.85. The van der Waals surface area contributed by atoms with E-state index in [1.807, 2.05) is 0 Å². The third-order valence-corrected chi connectivity index (χ3v) is 3.43. The SMILES string of the molecule is C[N+](C)=CNc1cc(Oc2ccc(C(F)(F)F)cc2Cl)ccc1[N+](=O)[O-]. The van der Waals surface area contributed by atoms with Gasteiger partial charge in [0.1, 0.15) is 11.5 Å². The summed E-state index contributed by atoms with van der Waals surface area (Å²) in [5.74, 6) is 0.169. The van der Waals surface area contributed by atoms with Crippen molar-refractivity contribution in [2.75, 3.05) is 19.4 Å². The third kappa shape index (κ3) is 4.85. The molecular weight excluding hydrogens is 375 g/mol. The van der Waals surface area contributed by atoms with Gasteiger partial charge in [0.25, 0.3) is 0 Å². The molecule has 2 aromatic rings. The molecule has 26 heavy (non-hydrogen) atoms. The second-order valence-corrected chi connectivity index (χ2v) is 5.83. The van der Waals surface area contributed by atoms with Crippen LogP contribution < -0.4 is 10.1 Å². The fraction of sp³-hybridized carbons (Fsp3) is 0.188. The Bertz CT molecular complexity index is 866. The van der Waals surface area contributed by atoms with Crippen molar-refractivity contribution < 1.29 is 27.4 Å². The normalized spacial score (nSPS) is 11.0. The minimum absolute atomic E-state index is 0.00365. The van der Waals surface area contributed by atoms with Gasteiger partial charge in [-0.1, -0.05) is 11.6 Å². The van der Waals surface area contributed by atoms with E-state index < -0.39 is 16.7 Å². The number of halogens is 4. The second kappa shape index (κ2) is 7.61. The maximum absolute atomic E-state index is 12.7. The Morgan fingerprint density at radius 3 is 2.42 bits per heavy atom. The van der Waals surface area contributed by atoms with Crippen LogP contribution in [0.5, 0.6) is 11.5 Å². The van der Waals surface area contributed by atoms with Crippen molar-refractivity contribution in [1.82, 2.24) is 0 Å². The Balaban J connectivity index is 2.33. The van der Waals surface area contributed by atoms with Crippen LogP contribution in [-0.4, -0.2) is 29.9 Å². The molecule has 0 radical (unpaired) electrons. The molecule has 0 aliphatic rings. The summed E-state index contributed by atoms with van der Waals surface area (Å²) in [4.78, 5) is 10.5. The summed E-state index contributed by atoms with van der Waals surface area (Å²) < 4.78 is 45.1. The van der Waals surface area contributed by atoms with Gasteiger partial charge in [-0.15, -0.1) is 0 Å². The maximum atomic E-state index is 12.7. The molecular formula is C16H14ClF3N3O3+. The molecule has 0 fully saturated rings. The highest BCUT2D eigenvalue weighted by Crippen LogP contribution is 2.37. The zero-order valence-electron chi connectivity index (χ0n) is 13.7. The van der Waals surface area contributed by atoms with E-state index in [9.17, 15) is 23.3 Å². The van der Waals surface area contributed by atoms with Gasteiger partial charge in [0.05, 0.1) is 29.6 Å². The number of hydrogen-bond acceptors (Lipinski definition) is 3. The van der Waals surface area contributed by atoms with Crippen molar-refractivity contribution in [1.29, 1.82) is 0 Å². The molecule has 0 aromatic heterocycles. The number of nitro benzene ring substituents is 1. The number of hydrogen-bond donors (Lipinski definition) is 1. The Kier molecular flexibility index (Phi) is 5.71. The highest BCUT2D eigenvalue weighted by atomic mass is 35.5. The quantitative estimate of drug-likeness (QED) is 0.263. The molecule has 0 saturated carbocycles. The molecule has 0 bridgehead atoms. The highest BCUT2D eigenvalue weighted by Gasteiger charge is 2.31. The maximum Gasteiger partial charge on any atom is 0.416 e. The molecule has 0 atom stereocenters. The van der Waals surface area contributed by atoms with E-state index >= 15 is 0 Å². The van der Waals surface area contributed by atoms with E-state index in [2.05, 4.69) is 5.32 Å². The minimum atomic E-state index is -4.52. The Morgan fingerprint density at radius 1 is 1.19 bits per heavy atom. The van der Waals surface area contributed by atoms with Gasteiger partial charge in [0.2, 0.25) is 12.0 Å². The fourth-order valence-electron chi connectivity index (χ4n) is 1.94. The lowest BCUT2D eigenvalue weighted by Crippen LogP contribution is -2.08. The average Bonchev–Trinajstić information content (AvgIpc) is 2.53. The van der Waals surface area contributed by atoms with Crippen LogP contribution in [0.1, 0.15) is 5.56 Å². The summed E-state index contributed by atoms with van der Waals surface area (Å²) in [6, 6.07) is 6.58. The zero-order valence-corrected chi connectivity index (χ0v) is 14.4. The van der Waals surface area contributed by atoms with Gasteiger partial charge in [0, 0.05) is 12.1 Å². The van der Waals surface area contributed by atoms with Crippen molar-refractivity contribution in [2.45, 2.75) is 6.18 Å². The number of rotatable bonds is 5.